The van der Waals surface area contributed by atoms with Crippen LogP contribution in [0.25, 0.3) is 0 Å². The van der Waals surface area contributed by atoms with Gasteiger partial charge in [0.15, 0.2) is 11.7 Å². The molecule has 142 valence electrons. The van der Waals surface area contributed by atoms with Gasteiger partial charge >= 0.3 is 0 Å². The Kier molecular flexibility index (Phi) is 7.94. The second-order valence-corrected chi connectivity index (χ2v) is 7.04. The lowest BCUT2D eigenvalue weighted by Crippen LogP contribution is -2.49. The summed E-state index contributed by atoms with van der Waals surface area (Å²) in [5, 5.41) is 3.47. The minimum Gasteiger partial charge on any atom is -0.482 e. The average Bonchev–Trinajstić information content (AvgIpc) is 2.59. The Morgan fingerprint density at radius 3 is 2.19 bits per heavy atom. The van der Waals surface area contributed by atoms with Gasteiger partial charge in [0.1, 0.15) is 5.75 Å². The van der Waals surface area contributed by atoms with Crippen molar-refractivity contribution in [3.63, 3.8) is 0 Å². The van der Waals surface area contributed by atoms with E-state index in [-0.39, 0.29) is 27.3 Å². The lowest BCUT2D eigenvalue weighted by atomic mass is 10.2. The molecule has 0 heterocycles. The maximum atomic E-state index is 12.0. The van der Waals surface area contributed by atoms with E-state index in [0.29, 0.717) is 15.8 Å². The topological polar surface area (TPSA) is 79.5 Å². The average molecular weight is 467 g/mol. The third-order valence-corrected chi connectivity index (χ3v) is 4.25. The number of thiocarbonyl (C=S) groups is 1. The molecule has 0 bridgehead atoms. The van der Waals surface area contributed by atoms with E-state index >= 15 is 0 Å². The van der Waals surface area contributed by atoms with Crippen molar-refractivity contribution < 1.29 is 14.3 Å². The highest BCUT2D eigenvalue weighted by Crippen LogP contribution is 2.27. The first-order chi connectivity index (χ1) is 12.8. The van der Waals surface area contributed by atoms with Crippen LogP contribution < -0.4 is 20.9 Å². The summed E-state index contributed by atoms with van der Waals surface area (Å²) in [4.78, 5) is 23.8. The highest BCUT2D eigenvalue weighted by atomic mass is 35.5. The molecule has 0 unspecified atom stereocenters. The van der Waals surface area contributed by atoms with Gasteiger partial charge in [-0.15, -0.1) is 0 Å². The Hall–Kier alpha value is -1.77. The number of carbonyl (C=O) groups is 2. The van der Waals surface area contributed by atoms with Crippen molar-refractivity contribution >= 4 is 75.5 Å². The summed E-state index contributed by atoms with van der Waals surface area (Å²) in [7, 11) is 0. The first-order valence-corrected chi connectivity index (χ1v) is 9.11. The number of hydrogen-bond acceptors (Lipinski definition) is 4. The van der Waals surface area contributed by atoms with Crippen LogP contribution in [0.5, 0.6) is 5.75 Å². The predicted octanol–water partition coefficient (Wildman–Crippen LogP) is 4.01. The lowest BCUT2D eigenvalue weighted by molar-refractivity contribution is -0.121. The lowest BCUT2D eigenvalue weighted by Gasteiger charge is -2.12. The molecule has 6 nitrogen and oxygen atoms in total. The number of hydrazine groups is 1. The van der Waals surface area contributed by atoms with Crippen LogP contribution in [0.2, 0.25) is 20.1 Å². The molecule has 0 radical (unpaired) electrons. The second-order valence-electron chi connectivity index (χ2n) is 4.94. The number of amides is 2. The molecule has 0 spiro atoms. The molecule has 0 aliphatic rings. The van der Waals surface area contributed by atoms with E-state index in [9.17, 15) is 9.59 Å². The van der Waals surface area contributed by atoms with Crippen LogP contribution in [-0.4, -0.2) is 23.5 Å². The molecule has 11 heteroatoms. The van der Waals surface area contributed by atoms with Crippen LogP contribution in [0.1, 0.15) is 10.4 Å². The van der Waals surface area contributed by atoms with E-state index in [1.54, 1.807) is 6.07 Å². The second kappa shape index (κ2) is 9.96. The molecular formula is C16H11Cl4N3O3S. The molecule has 3 N–H and O–H groups in total. The number of halogens is 4. The highest BCUT2D eigenvalue weighted by Gasteiger charge is 2.12. The van der Waals surface area contributed by atoms with Crippen LogP contribution in [0, 0.1) is 0 Å². The van der Waals surface area contributed by atoms with Crippen molar-refractivity contribution in [1.29, 1.82) is 0 Å². The summed E-state index contributed by atoms with van der Waals surface area (Å²) in [6.45, 7) is -0.347. The minimum absolute atomic E-state index is 0.135. The molecular weight excluding hydrogens is 456 g/mol. The Balaban J connectivity index is 1.79. The van der Waals surface area contributed by atoms with E-state index in [4.69, 9.17) is 63.4 Å². The van der Waals surface area contributed by atoms with E-state index < -0.39 is 11.8 Å². The third-order valence-electron chi connectivity index (χ3n) is 2.97. The molecule has 2 aromatic carbocycles. The van der Waals surface area contributed by atoms with Gasteiger partial charge in [0.05, 0.1) is 15.6 Å². The van der Waals surface area contributed by atoms with Crippen molar-refractivity contribution in [1.82, 2.24) is 16.2 Å². The van der Waals surface area contributed by atoms with E-state index in [1.165, 1.54) is 30.3 Å². The van der Waals surface area contributed by atoms with Gasteiger partial charge in [-0.3, -0.25) is 25.8 Å². The Morgan fingerprint density at radius 2 is 1.56 bits per heavy atom. The zero-order valence-electron chi connectivity index (χ0n) is 13.3. The van der Waals surface area contributed by atoms with Gasteiger partial charge in [0.25, 0.3) is 11.8 Å². The molecule has 0 aliphatic heterocycles. The molecule has 2 rings (SSSR count). The highest BCUT2D eigenvalue weighted by molar-refractivity contribution is 7.80. The molecule has 0 aliphatic carbocycles. The van der Waals surface area contributed by atoms with Crippen LogP contribution >= 0.6 is 58.6 Å². The standard InChI is InChI=1S/C16H11Cl4N3O3S/c17-8-1-3-10(11(19)5-8)15(25)22-23-16(27)21-14(24)7-26-13-4-2-9(18)6-12(13)20/h1-6H,7H2,(H,22,25)(H2,21,23,24,27). The van der Waals surface area contributed by atoms with E-state index in [1.807, 2.05) is 0 Å². The van der Waals surface area contributed by atoms with Crippen molar-refractivity contribution in [3.05, 3.63) is 62.1 Å². The largest absolute Gasteiger partial charge is 0.482 e. The molecule has 2 aromatic rings. The van der Waals surface area contributed by atoms with Crippen LogP contribution in [0.3, 0.4) is 0 Å². The fourth-order valence-corrected chi connectivity index (χ4v) is 2.91. The van der Waals surface area contributed by atoms with Gasteiger partial charge in [-0.25, -0.2) is 0 Å². The minimum atomic E-state index is -0.558. The van der Waals surface area contributed by atoms with Crippen molar-refractivity contribution in [2.24, 2.45) is 0 Å². The van der Waals surface area contributed by atoms with Crippen molar-refractivity contribution in [3.8, 4) is 5.75 Å². The van der Waals surface area contributed by atoms with Gasteiger partial charge in [-0.1, -0.05) is 46.4 Å². The Bertz CT molecular complexity index is 895. The number of nitrogens with one attached hydrogen (secondary N) is 3. The summed E-state index contributed by atoms with van der Waals surface area (Å²) in [6, 6.07) is 8.99. The van der Waals surface area contributed by atoms with Gasteiger partial charge in [-0.05, 0) is 48.6 Å². The number of hydrogen-bond donors (Lipinski definition) is 3. The molecule has 0 atom stereocenters. The van der Waals surface area contributed by atoms with E-state index in [2.05, 4.69) is 16.2 Å². The third kappa shape index (κ3) is 6.71. The number of rotatable bonds is 4. The summed E-state index contributed by atoms with van der Waals surface area (Å²) >= 11 is 28.3. The van der Waals surface area contributed by atoms with Gasteiger partial charge < -0.3 is 4.74 Å². The zero-order chi connectivity index (χ0) is 20.0. The predicted molar refractivity (Wildman–Crippen MR) is 110 cm³/mol. The first-order valence-electron chi connectivity index (χ1n) is 7.19. The van der Waals surface area contributed by atoms with Gasteiger partial charge in [-0.2, -0.15) is 0 Å². The zero-order valence-corrected chi connectivity index (χ0v) is 17.2. The Morgan fingerprint density at radius 1 is 0.926 bits per heavy atom. The normalized spacial score (nSPS) is 10.1. The van der Waals surface area contributed by atoms with Crippen molar-refractivity contribution in [2.45, 2.75) is 0 Å². The smallest absolute Gasteiger partial charge is 0.271 e. The molecule has 2 amide bonds. The van der Waals surface area contributed by atoms with Gasteiger partial charge in [0, 0.05) is 10.0 Å². The number of benzene rings is 2. The maximum Gasteiger partial charge on any atom is 0.271 e. The number of carbonyl (C=O) groups excluding carboxylic acids is 2. The van der Waals surface area contributed by atoms with Crippen molar-refractivity contribution in [2.75, 3.05) is 6.61 Å². The van der Waals surface area contributed by atoms with Crippen LogP contribution in [-0.2, 0) is 4.79 Å². The van der Waals surface area contributed by atoms with E-state index in [0.717, 1.165) is 0 Å². The summed E-state index contributed by atoms with van der Waals surface area (Å²) in [5.74, 6) is -0.824. The van der Waals surface area contributed by atoms with Gasteiger partial charge in [0.2, 0.25) is 0 Å². The molecule has 0 saturated carbocycles. The SMILES string of the molecule is O=C(COc1ccc(Cl)cc1Cl)NC(=S)NNC(=O)c1ccc(Cl)cc1Cl. The monoisotopic (exact) mass is 465 g/mol. The molecule has 27 heavy (non-hydrogen) atoms. The maximum absolute atomic E-state index is 12.0. The molecule has 0 aromatic heterocycles. The quantitative estimate of drug-likeness (QED) is 0.468. The summed E-state index contributed by atoms with van der Waals surface area (Å²) < 4.78 is 5.27. The van der Waals surface area contributed by atoms with Crippen LogP contribution in [0.4, 0.5) is 0 Å². The fraction of sp³-hybridized carbons (Fsp3) is 0.0625. The summed E-state index contributed by atoms with van der Waals surface area (Å²) in [6.07, 6.45) is 0. The molecule has 0 fully saturated rings. The number of ether oxygens (including phenoxy) is 1. The van der Waals surface area contributed by atoms with Crippen LogP contribution in [0.15, 0.2) is 36.4 Å². The Labute approximate surface area is 180 Å². The summed E-state index contributed by atoms with van der Waals surface area (Å²) in [5.41, 5.74) is 4.87. The first kappa shape index (κ1) is 21.5. The fourth-order valence-electron chi connectivity index (χ4n) is 1.78. The molecule has 0 saturated heterocycles.